The van der Waals surface area contributed by atoms with Gasteiger partial charge in [-0.25, -0.2) is 0 Å². The third kappa shape index (κ3) is 7.30. The Balaban J connectivity index is 1.47. The van der Waals surface area contributed by atoms with Crippen molar-refractivity contribution in [2.75, 3.05) is 19.6 Å². The fourth-order valence-electron chi connectivity index (χ4n) is 4.41. The summed E-state index contributed by atoms with van der Waals surface area (Å²) in [5.74, 6) is -1.45. The van der Waals surface area contributed by atoms with E-state index in [0.29, 0.717) is 24.6 Å². The normalized spacial score (nSPS) is 17.9. The van der Waals surface area contributed by atoms with Gasteiger partial charge >= 0.3 is 5.97 Å². The predicted octanol–water partition coefficient (Wildman–Crippen LogP) is 3.11. The molecular formula is C26H34N4O4. The van der Waals surface area contributed by atoms with Crippen LogP contribution in [0.15, 0.2) is 60.1 Å². The highest BCUT2D eigenvalue weighted by molar-refractivity contribution is 5.97. The number of carbonyl (C=O) groups excluding carboxylic acids is 2. The van der Waals surface area contributed by atoms with E-state index in [0.717, 1.165) is 37.8 Å². The van der Waals surface area contributed by atoms with Crippen molar-refractivity contribution in [2.45, 2.75) is 51.5 Å². The van der Waals surface area contributed by atoms with E-state index in [1.807, 2.05) is 0 Å². The average molecular weight is 467 g/mol. The summed E-state index contributed by atoms with van der Waals surface area (Å²) < 4.78 is 0. The third-order valence-corrected chi connectivity index (χ3v) is 6.48. The van der Waals surface area contributed by atoms with Crippen LogP contribution in [0.4, 0.5) is 0 Å². The van der Waals surface area contributed by atoms with E-state index in [1.54, 1.807) is 23.2 Å². The maximum Gasteiger partial charge on any atom is 0.305 e. The summed E-state index contributed by atoms with van der Waals surface area (Å²) >= 11 is 0. The molecule has 1 atom stereocenters. The van der Waals surface area contributed by atoms with E-state index in [4.69, 9.17) is 0 Å². The molecule has 1 aromatic heterocycles. The van der Waals surface area contributed by atoms with Crippen LogP contribution in [0.25, 0.3) is 0 Å². The van der Waals surface area contributed by atoms with Crippen molar-refractivity contribution in [1.29, 1.82) is 0 Å². The predicted molar refractivity (Wildman–Crippen MR) is 130 cm³/mol. The van der Waals surface area contributed by atoms with Crippen LogP contribution >= 0.6 is 0 Å². The molecule has 0 unspecified atom stereocenters. The highest BCUT2D eigenvalue weighted by Gasteiger charge is 2.26. The minimum Gasteiger partial charge on any atom is -0.481 e. The molecule has 1 saturated heterocycles. The molecule has 1 aromatic rings. The maximum atomic E-state index is 12.7. The highest BCUT2D eigenvalue weighted by atomic mass is 16.4. The average Bonchev–Trinajstić information content (AvgIpc) is 2.83. The number of nitrogens with zero attached hydrogens (tertiary/aromatic N) is 2. The molecule has 3 rings (SSSR count). The molecule has 0 bridgehead atoms. The summed E-state index contributed by atoms with van der Waals surface area (Å²) in [7, 11) is 0. The molecule has 3 N–H and O–H groups in total. The van der Waals surface area contributed by atoms with Gasteiger partial charge in [0.15, 0.2) is 0 Å². The van der Waals surface area contributed by atoms with Crippen LogP contribution in [0, 0.1) is 5.92 Å². The second-order valence-electron chi connectivity index (χ2n) is 8.92. The van der Waals surface area contributed by atoms with E-state index in [1.165, 1.54) is 17.5 Å². The second kappa shape index (κ2) is 12.2. The topological polar surface area (TPSA) is 112 Å². The number of piperidine rings is 1. The summed E-state index contributed by atoms with van der Waals surface area (Å²) in [6.45, 7) is 8.52. The Morgan fingerprint density at radius 3 is 2.76 bits per heavy atom. The number of carbonyl (C=O) groups is 3. The summed E-state index contributed by atoms with van der Waals surface area (Å²) in [5.41, 5.74) is 4.21. The van der Waals surface area contributed by atoms with E-state index in [-0.39, 0.29) is 18.7 Å². The van der Waals surface area contributed by atoms with E-state index < -0.39 is 17.9 Å². The standard InChI is InChI=1S/C26H34N4O4/c1-18(7-8-21-5-4-12-28-19(21)2)20-9-13-30(14-10-20)25(32)16-24(31)29-23(15-26(33)34)22-6-3-11-27-17-22/h3,6-8,11,17,20,23,28H,1,4-5,9-10,12-16H2,2H3,(H,29,31)(H,33,34)/b8-7-/t23-/m0/s1. The number of carboxylic acids is 1. The van der Waals surface area contributed by atoms with Crippen molar-refractivity contribution in [3.63, 3.8) is 0 Å². The molecule has 0 radical (unpaired) electrons. The molecule has 0 aliphatic carbocycles. The van der Waals surface area contributed by atoms with E-state index in [2.05, 4.69) is 41.3 Å². The van der Waals surface area contributed by atoms with Gasteiger partial charge in [0.05, 0.1) is 12.5 Å². The second-order valence-corrected chi connectivity index (χ2v) is 8.92. The smallest absolute Gasteiger partial charge is 0.305 e. The van der Waals surface area contributed by atoms with Crippen LogP contribution in [0.3, 0.4) is 0 Å². The first kappa shape index (κ1) is 25.2. The number of amides is 2. The van der Waals surface area contributed by atoms with Crippen LogP contribution in [0.2, 0.25) is 0 Å². The monoisotopic (exact) mass is 466 g/mol. The number of hydrogen-bond acceptors (Lipinski definition) is 5. The third-order valence-electron chi connectivity index (χ3n) is 6.48. The molecule has 0 spiro atoms. The number of allylic oxidation sites excluding steroid dienone is 5. The lowest BCUT2D eigenvalue weighted by Gasteiger charge is -2.32. The van der Waals surface area contributed by atoms with Gasteiger partial charge in [0.1, 0.15) is 6.42 Å². The molecule has 2 aliphatic heterocycles. The minimum absolute atomic E-state index is 0.244. The van der Waals surface area contributed by atoms with Gasteiger partial charge < -0.3 is 20.6 Å². The molecule has 0 saturated carbocycles. The van der Waals surface area contributed by atoms with Crippen molar-refractivity contribution >= 4 is 17.8 Å². The number of rotatable bonds is 9. The zero-order valence-corrected chi connectivity index (χ0v) is 19.8. The molecule has 3 heterocycles. The Hall–Kier alpha value is -3.42. The number of likely N-dealkylation sites (tertiary alicyclic amines) is 1. The first-order chi connectivity index (χ1) is 16.3. The zero-order valence-electron chi connectivity index (χ0n) is 19.8. The van der Waals surface area contributed by atoms with Crippen molar-refractivity contribution in [1.82, 2.24) is 20.5 Å². The SMILES string of the molecule is C=C(/C=C\C1=C(C)NCCC1)C1CCN(C(=O)CC(=O)N[C@@H](CC(=O)O)c2cccnc2)CC1. The Morgan fingerprint density at radius 2 is 2.12 bits per heavy atom. The van der Waals surface area contributed by atoms with E-state index >= 15 is 0 Å². The maximum absolute atomic E-state index is 12.7. The van der Waals surface area contributed by atoms with Gasteiger partial charge in [-0.05, 0) is 55.7 Å². The highest BCUT2D eigenvalue weighted by Crippen LogP contribution is 2.26. The van der Waals surface area contributed by atoms with Gasteiger partial charge in [-0.1, -0.05) is 30.4 Å². The van der Waals surface area contributed by atoms with Crippen LogP contribution in [0.5, 0.6) is 0 Å². The van der Waals surface area contributed by atoms with E-state index in [9.17, 15) is 19.5 Å². The molecule has 8 nitrogen and oxygen atoms in total. The summed E-state index contributed by atoms with van der Waals surface area (Å²) in [4.78, 5) is 42.1. The summed E-state index contributed by atoms with van der Waals surface area (Å²) in [6.07, 6.45) is 10.6. The number of nitrogens with one attached hydrogen (secondary N) is 2. The van der Waals surface area contributed by atoms with Crippen molar-refractivity contribution < 1.29 is 19.5 Å². The minimum atomic E-state index is -1.04. The molecule has 8 heteroatoms. The lowest BCUT2D eigenvalue weighted by Crippen LogP contribution is -2.41. The van der Waals surface area contributed by atoms with Crippen LogP contribution in [0.1, 0.15) is 57.1 Å². The zero-order chi connectivity index (χ0) is 24.5. The Bertz CT molecular complexity index is 962. The molecular weight excluding hydrogens is 432 g/mol. The molecule has 34 heavy (non-hydrogen) atoms. The largest absolute Gasteiger partial charge is 0.481 e. The van der Waals surface area contributed by atoms with Gasteiger partial charge in [0.2, 0.25) is 11.8 Å². The van der Waals surface area contributed by atoms with Gasteiger partial charge in [-0.3, -0.25) is 19.4 Å². The van der Waals surface area contributed by atoms with Gasteiger partial charge in [-0.15, -0.1) is 0 Å². The quantitative estimate of drug-likeness (QED) is 0.381. The van der Waals surface area contributed by atoms with Gasteiger partial charge in [0, 0.05) is 37.7 Å². The number of aromatic nitrogens is 1. The van der Waals surface area contributed by atoms with Crippen molar-refractivity contribution in [2.24, 2.45) is 5.92 Å². The number of hydrogen-bond donors (Lipinski definition) is 3. The Morgan fingerprint density at radius 1 is 1.35 bits per heavy atom. The lowest BCUT2D eigenvalue weighted by atomic mass is 9.89. The Kier molecular flexibility index (Phi) is 9.01. The van der Waals surface area contributed by atoms with Crippen LogP contribution in [-0.4, -0.2) is 52.4 Å². The number of carboxylic acid groups (broad SMARTS) is 1. The molecule has 0 aromatic carbocycles. The number of pyridine rings is 1. The molecule has 1 fully saturated rings. The van der Waals surface area contributed by atoms with Crippen molar-refractivity contribution in [3.05, 3.63) is 65.7 Å². The van der Waals surface area contributed by atoms with Gasteiger partial charge in [0.25, 0.3) is 0 Å². The summed E-state index contributed by atoms with van der Waals surface area (Å²) in [6, 6.07) is 2.65. The summed E-state index contributed by atoms with van der Waals surface area (Å²) in [5, 5.41) is 15.2. The first-order valence-electron chi connectivity index (χ1n) is 11.8. The van der Waals surface area contributed by atoms with Crippen LogP contribution in [-0.2, 0) is 14.4 Å². The molecule has 182 valence electrons. The Labute approximate surface area is 200 Å². The fourth-order valence-corrected chi connectivity index (χ4v) is 4.41. The van der Waals surface area contributed by atoms with Gasteiger partial charge in [-0.2, -0.15) is 0 Å². The van der Waals surface area contributed by atoms with Crippen molar-refractivity contribution in [3.8, 4) is 0 Å². The molecule has 2 amide bonds. The lowest BCUT2D eigenvalue weighted by molar-refractivity contribution is -0.138. The first-order valence-corrected chi connectivity index (χ1v) is 11.8. The fraction of sp³-hybridized carbons (Fsp3) is 0.462. The molecule has 2 aliphatic rings. The van der Waals surface area contributed by atoms with Crippen LogP contribution < -0.4 is 10.6 Å². The number of aliphatic carboxylic acids is 1.